The second-order valence-corrected chi connectivity index (χ2v) is 7.48. The number of carboxylic acid groups (broad SMARTS) is 2. The molecule has 4 rings (SSSR count). The van der Waals surface area contributed by atoms with Gasteiger partial charge in [0.15, 0.2) is 11.5 Å². The monoisotopic (exact) mass is 443 g/mol. The van der Waals surface area contributed by atoms with Gasteiger partial charge < -0.3 is 19.7 Å². The van der Waals surface area contributed by atoms with Crippen LogP contribution in [0.3, 0.4) is 0 Å². The van der Waals surface area contributed by atoms with E-state index in [1.54, 1.807) is 30.3 Å². The van der Waals surface area contributed by atoms with Gasteiger partial charge in [-0.2, -0.15) is 0 Å². The molecule has 0 spiro atoms. The summed E-state index contributed by atoms with van der Waals surface area (Å²) in [5.74, 6) is -1.72. The molecule has 1 aliphatic rings. The van der Waals surface area contributed by atoms with Gasteiger partial charge >= 0.3 is 11.9 Å². The SMILES string of the molecule is O=C(O)c1nc(-c2ccc(OCCOC3CC(C(=O)O)C3)nc2)nc2c(Cl)cccc12. The van der Waals surface area contributed by atoms with Crippen molar-refractivity contribution >= 4 is 34.4 Å². The fraction of sp³-hybridized carbons (Fsp3) is 0.286. The highest BCUT2D eigenvalue weighted by molar-refractivity contribution is 6.35. The van der Waals surface area contributed by atoms with Crippen molar-refractivity contribution in [2.45, 2.75) is 18.9 Å². The fourth-order valence-corrected chi connectivity index (χ4v) is 3.49. The summed E-state index contributed by atoms with van der Waals surface area (Å²) in [4.78, 5) is 35.2. The molecule has 160 valence electrons. The lowest BCUT2D eigenvalue weighted by Crippen LogP contribution is -2.37. The van der Waals surface area contributed by atoms with Crippen LogP contribution < -0.4 is 4.74 Å². The van der Waals surface area contributed by atoms with E-state index in [1.807, 2.05) is 0 Å². The van der Waals surface area contributed by atoms with Gasteiger partial charge in [-0.05, 0) is 25.0 Å². The van der Waals surface area contributed by atoms with Crippen LogP contribution in [0.4, 0.5) is 0 Å². The quantitative estimate of drug-likeness (QED) is 0.503. The number of hydrogen-bond donors (Lipinski definition) is 2. The summed E-state index contributed by atoms with van der Waals surface area (Å²) < 4.78 is 11.1. The van der Waals surface area contributed by atoms with E-state index < -0.39 is 11.9 Å². The molecule has 0 bridgehead atoms. The number of nitrogens with zero attached hydrogens (tertiary/aromatic N) is 3. The van der Waals surface area contributed by atoms with E-state index in [2.05, 4.69) is 15.0 Å². The predicted octanol–water partition coefficient (Wildman–Crippen LogP) is 3.30. The van der Waals surface area contributed by atoms with E-state index in [0.29, 0.717) is 46.8 Å². The number of aromatic nitrogens is 3. The number of carbonyl (C=O) groups is 2. The molecule has 0 aliphatic heterocycles. The Morgan fingerprint density at radius 1 is 1.10 bits per heavy atom. The highest BCUT2D eigenvalue weighted by atomic mass is 35.5. The largest absolute Gasteiger partial charge is 0.481 e. The molecule has 0 saturated heterocycles. The number of halogens is 1. The average Bonchev–Trinajstić information content (AvgIpc) is 2.72. The third kappa shape index (κ3) is 4.57. The van der Waals surface area contributed by atoms with Gasteiger partial charge in [0.05, 0.1) is 29.2 Å². The van der Waals surface area contributed by atoms with Crippen molar-refractivity contribution in [2.75, 3.05) is 13.2 Å². The van der Waals surface area contributed by atoms with Gasteiger partial charge in [0.1, 0.15) is 6.61 Å². The van der Waals surface area contributed by atoms with Gasteiger partial charge in [-0.3, -0.25) is 4.79 Å². The van der Waals surface area contributed by atoms with E-state index >= 15 is 0 Å². The second-order valence-electron chi connectivity index (χ2n) is 7.07. The van der Waals surface area contributed by atoms with Crippen molar-refractivity contribution in [3.05, 3.63) is 47.2 Å². The first-order chi connectivity index (χ1) is 14.9. The Hall–Kier alpha value is -3.30. The van der Waals surface area contributed by atoms with Gasteiger partial charge in [0.2, 0.25) is 5.88 Å². The van der Waals surface area contributed by atoms with Gasteiger partial charge in [-0.15, -0.1) is 0 Å². The number of carboxylic acids is 2. The van der Waals surface area contributed by atoms with Crippen LogP contribution in [0.2, 0.25) is 5.02 Å². The van der Waals surface area contributed by atoms with Gasteiger partial charge in [-0.1, -0.05) is 23.7 Å². The van der Waals surface area contributed by atoms with E-state index in [-0.39, 0.29) is 30.1 Å². The van der Waals surface area contributed by atoms with Crippen LogP contribution in [0, 0.1) is 5.92 Å². The van der Waals surface area contributed by atoms with E-state index in [9.17, 15) is 14.7 Å². The standard InChI is InChI=1S/C21H18ClN3O6/c22-15-3-1-2-14-17(15)24-19(25-18(14)21(28)29)11-4-5-16(23-10-11)31-7-6-30-13-8-12(9-13)20(26)27/h1-5,10,12-13H,6-9H2,(H,26,27)(H,28,29). The van der Waals surface area contributed by atoms with Crippen molar-refractivity contribution in [1.29, 1.82) is 0 Å². The molecule has 2 aromatic heterocycles. The maximum absolute atomic E-state index is 11.6. The summed E-state index contributed by atoms with van der Waals surface area (Å²) in [6.07, 6.45) is 2.50. The lowest BCUT2D eigenvalue weighted by atomic mass is 9.82. The van der Waals surface area contributed by atoms with Crippen LogP contribution in [-0.4, -0.2) is 56.4 Å². The first kappa shape index (κ1) is 21.0. The Kier molecular flexibility index (Phi) is 5.97. The lowest BCUT2D eigenvalue weighted by molar-refractivity contribution is -0.151. The predicted molar refractivity (Wildman–Crippen MR) is 110 cm³/mol. The summed E-state index contributed by atoms with van der Waals surface area (Å²) in [5, 5.41) is 19.0. The molecule has 0 atom stereocenters. The Morgan fingerprint density at radius 2 is 1.90 bits per heavy atom. The van der Waals surface area contributed by atoms with E-state index in [1.165, 1.54) is 6.20 Å². The highest BCUT2D eigenvalue weighted by Crippen LogP contribution is 2.30. The van der Waals surface area contributed by atoms with Crippen molar-refractivity contribution < 1.29 is 29.3 Å². The normalized spacial score (nSPS) is 17.8. The van der Waals surface area contributed by atoms with Crippen molar-refractivity contribution in [2.24, 2.45) is 5.92 Å². The number of hydrogen-bond acceptors (Lipinski definition) is 7. The van der Waals surface area contributed by atoms with E-state index in [0.717, 1.165) is 0 Å². The molecule has 1 aliphatic carbocycles. The van der Waals surface area contributed by atoms with Gasteiger partial charge in [0, 0.05) is 23.2 Å². The summed E-state index contributed by atoms with van der Waals surface area (Å²) in [6, 6.07) is 8.19. The molecular formula is C21H18ClN3O6. The zero-order valence-corrected chi connectivity index (χ0v) is 17.0. The molecule has 0 unspecified atom stereocenters. The van der Waals surface area contributed by atoms with Crippen LogP contribution in [0.1, 0.15) is 23.3 Å². The lowest BCUT2D eigenvalue weighted by Gasteiger charge is -2.31. The molecule has 0 amide bonds. The molecule has 1 aromatic carbocycles. The average molecular weight is 444 g/mol. The Bertz CT molecular complexity index is 1130. The third-order valence-corrected chi connectivity index (χ3v) is 5.31. The Balaban J connectivity index is 1.40. The summed E-state index contributed by atoms with van der Waals surface area (Å²) >= 11 is 6.19. The molecule has 3 aromatic rings. The number of rotatable bonds is 8. The summed E-state index contributed by atoms with van der Waals surface area (Å²) in [5.41, 5.74) is 0.730. The Morgan fingerprint density at radius 3 is 2.58 bits per heavy atom. The minimum Gasteiger partial charge on any atom is -0.481 e. The molecule has 2 heterocycles. The number of aromatic carboxylic acids is 1. The fourth-order valence-electron chi connectivity index (χ4n) is 3.27. The minimum atomic E-state index is -1.18. The van der Waals surface area contributed by atoms with Gasteiger partial charge in [-0.25, -0.2) is 19.7 Å². The van der Waals surface area contributed by atoms with Crippen LogP contribution in [0.25, 0.3) is 22.3 Å². The smallest absolute Gasteiger partial charge is 0.355 e. The zero-order chi connectivity index (χ0) is 22.0. The first-order valence-corrected chi connectivity index (χ1v) is 9.93. The number of ether oxygens (including phenoxy) is 2. The van der Waals surface area contributed by atoms with Crippen molar-refractivity contribution in [3.8, 4) is 17.3 Å². The summed E-state index contributed by atoms with van der Waals surface area (Å²) in [6.45, 7) is 0.598. The summed E-state index contributed by atoms with van der Waals surface area (Å²) in [7, 11) is 0. The highest BCUT2D eigenvalue weighted by Gasteiger charge is 2.34. The van der Waals surface area contributed by atoms with Gasteiger partial charge in [0.25, 0.3) is 0 Å². The Labute approximate surface area is 181 Å². The number of para-hydroxylation sites is 1. The van der Waals surface area contributed by atoms with Crippen LogP contribution in [-0.2, 0) is 9.53 Å². The number of fused-ring (bicyclic) bond motifs is 1. The zero-order valence-electron chi connectivity index (χ0n) is 16.2. The van der Waals surface area contributed by atoms with Crippen molar-refractivity contribution in [1.82, 2.24) is 15.0 Å². The molecule has 9 nitrogen and oxygen atoms in total. The van der Waals surface area contributed by atoms with Crippen LogP contribution in [0.15, 0.2) is 36.5 Å². The number of aliphatic carboxylic acids is 1. The molecule has 1 fully saturated rings. The van der Waals surface area contributed by atoms with Crippen LogP contribution in [0.5, 0.6) is 5.88 Å². The van der Waals surface area contributed by atoms with E-state index in [4.69, 9.17) is 26.2 Å². The minimum absolute atomic E-state index is 0.0413. The maximum Gasteiger partial charge on any atom is 0.355 e. The molecular weight excluding hydrogens is 426 g/mol. The third-order valence-electron chi connectivity index (χ3n) is 5.01. The number of pyridine rings is 1. The molecule has 31 heavy (non-hydrogen) atoms. The second kappa shape index (κ2) is 8.83. The molecule has 2 N–H and O–H groups in total. The van der Waals surface area contributed by atoms with Crippen LogP contribution >= 0.6 is 11.6 Å². The topological polar surface area (TPSA) is 132 Å². The van der Waals surface area contributed by atoms with Crippen molar-refractivity contribution in [3.63, 3.8) is 0 Å². The molecule has 0 radical (unpaired) electrons. The molecule has 10 heteroatoms. The number of benzene rings is 1. The molecule has 1 saturated carbocycles. The maximum atomic E-state index is 11.6. The first-order valence-electron chi connectivity index (χ1n) is 9.55.